The molecule has 2 aromatic rings. The highest BCUT2D eigenvalue weighted by Crippen LogP contribution is 2.26. The molecule has 1 atom stereocenters. The SMILES string of the molecule is C[C@H](CCc1ccccc1)Nc1nc(Cl)c(C#N)s1. The van der Waals surface area contributed by atoms with Crippen LogP contribution in [0.1, 0.15) is 23.8 Å². The van der Waals surface area contributed by atoms with Crippen molar-refractivity contribution in [2.75, 3.05) is 5.32 Å². The Hall–Kier alpha value is -1.57. The summed E-state index contributed by atoms with van der Waals surface area (Å²) in [4.78, 5) is 4.58. The Morgan fingerprint density at radius 2 is 2.16 bits per heavy atom. The van der Waals surface area contributed by atoms with Crippen molar-refractivity contribution in [3.8, 4) is 6.07 Å². The summed E-state index contributed by atoms with van der Waals surface area (Å²) in [7, 11) is 0. The maximum Gasteiger partial charge on any atom is 0.185 e. The Labute approximate surface area is 121 Å². The highest BCUT2D eigenvalue weighted by molar-refractivity contribution is 7.16. The normalized spacial score (nSPS) is 11.8. The highest BCUT2D eigenvalue weighted by Gasteiger charge is 2.10. The van der Waals surface area contributed by atoms with Crippen LogP contribution in [0.5, 0.6) is 0 Å². The number of rotatable bonds is 5. The standard InChI is InChI=1S/C14H14ClN3S/c1-10(7-8-11-5-3-2-4-6-11)17-14-18-13(15)12(9-16)19-14/h2-6,10H,7-8H2,1H3,(H,17,18)/t10-/m1/s1. The zero-order chi connectivity index (χ0) is 13.7. The van der Waals surface area contributed by atoms with Gasteiger partial charge in [0.05, 0.1) is 0 Å². The fourth-order valence-electron chi connectivity index (χ4n) is 1.74. The van der Waals surface area contributed by atoms with Gasteiger partial charge in [0, 0.05) is 6.04 Å². The summed E-state index contributed by atoms with van der Waals surface area (Å²) >= 11 is 7.13. The summed E-state index contributed by atoms with van der Waals surface area (Å²) < 4.78 is 0. The molecule has 0 radical (unpaired) electrons. The predicted molar refractivity (Wildman–Crippen MR) is 79.7 cm³/mol. The van der Waals surface area contributed by atoms with Crippen LogP contribution in [-0.2, 0) is 6.42 Å². The first-order chi connectivity index (χ1) is 9.19. The van der Waals surface area contributed by atoms with Gasteiger partial charge < -0.3 is 5.32 Å². The summed E-state index contributed by atoms with van der Waals surface area (Å²) in [6.45, 7) is 2.10. The van der Waals surface area contributed by atoms with Gasteiger partial charge in [0.1, 0.15) is 10.9 Å². The number of aryl methyl sites for hydroxylation is 1. The molecule has 0 bridgehead atoms. The third-order valence-electron chi connectivity index (χ3n) is 2.77. The smallest absolute Gasteiger partial charge is 0.185 e. The molecular formula is C14H14ClN3S. The lowest BCUT2D eigenvalue weighted by Crippen LogP contribution is -2.15. The lowest BCUT2D eigenvalue weighted by Gasteiger charge is -2.12. The van der Waals surface area contributed by atoms with E-state index in [2.05, 4.69) is 29.4 Å². The van der Waals surface area contributed by atoms with Gasteiger partial charge in [0.15, 0.2) is 10.3 Å². The van der Waals surface area contributed by atoms with E-state index in [1.165, 1.54) is 16.9 Å². The van der Waals surface area contributed by atoms with Gasteiger partial charge in [-0.3, -0.25) is 0 Å². The van der Waals surface area contributed by atoms with E-state index in [9.17, 15) is 0 Å². The molecule has 1 aromatic heterocycles. The molecule has 2 rings (SSSR count). The van der Waals surface area contributed by atoms with Crippen LogP contribution in [0.4, 0.5) is 5.13 Å². The van der Waals surface area contributed by atoms with E-state index in [4.69, 9.17) is 16.9 Å². The van der Waals surface area contributed by atoms with Crippen LogP contribution >= 0.6 is 22.9 Å². The third-order valence-corrected chi connectivity index (χ3v) is 4.04. The number of thiazole rings is 1. The number of aromatic nitrogens is 1. The zero-order valence-electron chi connectivity index (χ0n) is 10.6. The average molecular weight is 292 g/mol. The van der Waals surface area contributed by atoms with E-state index in [-0.39, 0.29) is 11.2 Å². The minimum atomic E-state index is 0.283. The summed E-state index contributed by atoms with van der Waals surface area (Å²) in [5.41, 5.74) is 1.33. The van der Waals surface area contributed by atoms with Gasteiger partial charge >= 0.3 is 0 Å². The van der Waals surface area contributed by atoms with Gasteiger partial charge in [-0.2, -0.15) is 5.26 Å². The molecule has 5 heteroatoms. The summed E-state index contributed by atoms with van der Waals surface area (Å²) in [5, 5.41) is 13.1. The average Bonchev–Trinajstić information content (AvgIpc) is 2.77. The molecule has 98 valence electrons. The lowest BCUT2D eigenvalue weighted by atomic mass is 10.1. The molecule has 0 saturated carbocycles. The number of halogens is 1. The van der Waals surface area contributed by atoms with Gasteiger partial charge in [0.25, 0.3) is 0 Å². The van der Waals surface area contributed by atoms with Gasteiger partial charge in [-0.05, 0) is 25.3 Å². The van der Waals surface area contributed by atoms with Crippen LogP contribution in [0, 0.1) is 11.3 Å². The van der Waals surface area contributed by atoms with E-state index in [1.807, 2.05) is 24.3 Å². The quantitative estimate of drug-likeness (QED) is 0.902. The van der Waals surface area contributed by atoms with Crippen molar-refractivity contribution < 1.29 is 0 Å². The minimum Gasteiger partial charge on any atom is -0.359 e. The monoisotopic (exact) mass is 291 g/mol. The second-order valence-electron chi connectivity index (χ2n) is 4.32. The van der Waals surface area contributed by atoms with Crippen molar-refractivity contribution in [3.63, 3.8) is 0 Å². The topological polar surface area (TPSA) is 48.7 Å². The van der Waals surface area contributed by atoms with E-state index in [1.54, 1.807) is 0 Å². The molecule has 0 fully saturated rings. The third kappa shape index (κ3) is 3.95. The summed E-state index contributed by atoms with van der Waals surface area (Å²) in [6.07, 6.45) is 2.02. The Balaban J connectivity index is 1.87. The molecule has 0 spiro atoms. The molecule has 1 N–H and O–H groups in total. The summed E-state index contributed by atoms with van der Waals surface area (Å²) in [5.74, 6) is 0. The van der Waals surface area contributed by atoms with E-state index in [0.29, 0.717) is 10.0 Å². The number of hydrogen-bond donors (Lipinski definition) is 1. The molecule has 0 saturated heterocycles. The number of nitrogens with zero attached hydrogens (tertiary/aromatic N) is 2. The fourth-order valence-corrected chi connectivity index (χ4v) is 2.80. The fraction of sp³-hybridized carbons (Fsp3) is 0.286. The van der Waals surface area contributed by atoms with Crippen molar-refractivity contribution in [1.29, 1.82) is 5.26 Å². The molecule has 3 nitrogen and oxygen atoms in total. The van der Waals surface area contributed by atoms with E-state index in [0.717, 1.165) is 12.8 Å². The number of anilines is 1. The highest BCUT2D eigenvalue weighted by atomic mass is 35.5. The van der Waals surface area contributed by atoms with Gasteiger partial charge in [-0.1, -0.05) is 53.3 Å². The van der Waals surface area contributed by atoms with Gasteiger partial charge in [-0.15, -0.1) is 0 Å². The van der Waals surface area contributed by atoms with Crippen LogP contribution in [0.15, 0.2) is 30.3 Å². The van der Waals surface area contributed by atoms with E-state index >= 15 is 0 Å². The molecule has 0 unspecified atom stereocenters. The first kappa shape index (κ1) is 13.9. The molecule has 1 aromatic carbocycles. The van der Waals surface area contributed by atoms with Crippen LogP contribution in [-0.4, -0.2) is 11.0 Å². The number of nitriles is 1. The van der Waals surface area contributed by atoms with Gasteiger partial charge in [-0.25, -0.2) is 4.98 Å². The Kier molecular flexibility index (Phi) is 4.78. The van der Waals surface area contributed by atoms with Crippen LogP contribution in [0.25, 0.3) is 0 Å². The Morgan fingerprint density at radius 1 is 1.42 bits per heavy atom. The van der Waals surface area contributed by atoms with Crippen LogP contribution < -0.4 is 5.32 Å². The maximum absolute atomic E-state index is 8.83. The van der Waals surface area contributed by atoms with Crippen molar-refractivity contribution in [2.45, 2.75) is 25.8 Å². The second kappa shape index (κ2) is 6.55. The lowest BCUT2D eigenvalue weighted by molar-refractivity contribution is 0.705. The first-order valence-corrected chi connectivity index (χ1v) is 7.25. The van der Waals surface area contributed by atoms with Crippen molar-refractivity contribution in [2.24, 2.45) is 0 Å². The predicted octanol–water partition coefficient (Wildman–Crippen LogP) is 4.10. The summed E-state index contributed by atoms with van der Waals surface area (Å²) in [6, 6.07) is 12.7. The molecule has 0 amide bonds. The molecule has 0 aliphatic heterocycles. The zero-order valence-corrected chi connectivity index (χ0v) is 12.1. The number of nitrogens with one attached hydrogen (secondary N) is 1. The number of hydrogen-bond acceptors (Lipinski definition) is 4. The van der Waals surface area contributed by atoms with Crippen LogP contribution in [0.3, 0.4) is 0 Å². The van der Waals surface area contributed by atoms with E-state index < -0.39 is 0 Å². The van der Waals surface area contributed by atoms with Crippen molar-refractivity contribution >= 4 is 28.1 Å². The molecule has 0 aliphatic carbocycles. The first-order valence-electron chi connectivity index (χ1n) is 6.06. The van der Waals surface area contributed by atoms with Crippen LogP contribution in [0.2, 0.25) is 5.15 Å². The Morgan fingerprint density at radius 3 is 2.79 bits per heavy atom. The molecule has 0 aliphatic rings. The van der Waals surface area contributed by atoms with Gasteiger partial charge in [0.2, 0.25) is 0 Å². The van der Waals surface area contributed by atoms with Crippen molar-refractivity contribution in [1.82, 2.24) is 4.98 Å². The largest absolute Gasteiger partial charge is 0.359 e. The molecule has 1 heterocycles. The number of benzene rings is 1. The Bertz CT molecular complexity index is 574. The maximum atomic E-state index is 8.83. The van der Waals surface area contributed by atoms with Crippen molar-refractivity contribution in [3.05, 3.63) is 45.9 Å². The molecular weight excluding hydrogens is 278 g/mol. The second-order valence-corrected chi connectivity index (χ2v) is 5.68. The molecule has 19 heavy (non-hydrogen) atoms. The minimum absolute atomic E-state index is 0.283.